The zero-order valence-corrected chi connectivity index (χ0v) is 12.4. The highest BCUT2D eigenvalue weighted by Gasteiger charge is 2.14. The van der Waals surface area contributed by atoms with E-state index >= 15 is 0 Å². The number of aryl methyl sites for hydroxylation is 2. The van der Waals surface area contributed by atoms with Gasteiger partial charge in [0.15, 0.2) is 0 Å². The van der Waals surface area contributed by atoms with Crippen molar-refractivity contribution in [1.29, 1.82) is 0 Å². The standard InChI is InChI=1S/C14H12ClNO3S/c1-7-5-10(8(2)20-7)13(17)16-12-4-3-9(14(18)19)6-11(12)15/h3-6H,1-2H3,(H,16,17)(H,18,19). The highest BCUT2D eigenvalue weighted by Crippen LogP contribution is 2.26. The number of hydrogen-bond donors (Lipinski definition) is 2. The number of rotatable bonds is 3. The minimum atomic E-state index is -1.06. The second-order valence-corrected chi connectivity index (χ2v) is 6.15. The number of nitrogens with one attached hydrogen (secondary N) is 1. The number of carbonyl (C=O) groups excluding carboxylic acids is 1. The molecule has 2 rings (SSSR count). The monoisotopic (exact) mass is 309 g/mol. The Bertz CT molecular complexity index is 694. The molecule has 6 heteroatoms. The van der Waals surface area contributed by atoms with Crippen LogP contribution in [-0.4, -0.2) is 17.0 Å². The Labute approximate surface area is 125 Å². The third kappa shape index (κ3) is 3.00. The van der Waals surface area contributed by atoms with Crippen LogP contribution in [0.2, 0.25) is 5.02 Å². The number of aromatic carboxylic acids is 1. The fraction of sp³-hybridized carbons (Fsp3) is 0.143. The first-order valence-corrected chi connectivity index (χ1v) is 6.99. The number of carboxylic acids is 1. The molecule has 0 spiro atoms. The molecular weight excluding hydrogens is 298 g/mol. The van der Waals surface area contributed by atoms with Crippen LogP contribution in [0.1, 0.15) is 30.5 Å². The molecule has 0 fully saturated rings. The van der Waals surface area contributed by atoms with Gasteiger partial charge in [0.05, 0.1) is 21.8 Å². The van der Waals surface area contributed by atoms with Gasteiger partial charge in [-0.1, -0.05) is 11.6 Å². The minimum Gasteiger partial charge on any atom is -0.478 e. The third-order valence-electron chi connectivity index (χ3n) is 2.75. The highest BCUT2D eigenvalue weighted by molar-refractivity contribution is 7.12. The molecule has 2 aromatic rings. The predicted molar refractivity (Wildman–Crippen MR) is 80.2 cm³/mol. The number of thiophene rings is 1. The number of anilines is 1. The SMILES string of the molecule is Cc1cc(C(=O)Nc2ccc(C(=O)O)cc2Cl)c(C)s1. The van der Waals surface area contributed by atoms with Crippen molar-refractivity contribution in [2.45, 2.75) is 13.8 Å². The summed E-state index contributed by atoms with van der Waals surface area (Å²) in [5.41, 5.74) is 1.08. The van der Waals surface area contributed by atoms with Gasteiger partial charge in [-0.05, 0) is 38.1 Å². The normalized spacial score (nSPS) is 10.3. The maximum atomic E-state index is 12.1. The van der Waals surface area contributed by atoms with E-state index in [0.29, 0.717) is 11.3 Å². The molecule has 1 amide bonds. The van der Waals surface area contributed by atoms with E-state index in [0.717, 1.165) is 9.75 Å². The van der Waals surface area contributed by atoms with Crippen molar-refractivity contribution in [3.05, 3.63) is 50.2 Å². The summed E-state index contributed by atoms with van der Waals surface area (Å²) in [6.07, 6.45) is 0. The van der Waals surface area contributed by atoms with E-state index in [2.05, 4.69) is 5.32 Å². The van der Waals surface area contributed by atoms with E-state index in [1.807, 2.05) is 19.9 Å². The van der Waals surface area contributed by atoms with Crippen molar-refractivity contribution < 1.29 is 14.7 Å². The molecule has 0 radical (unpaired) electrons. The van der Waals surface area contributed by atoms with Crippen LogP contribution in [0.5, 0.6) is 0 Å². The van der Waals surface area contributed by atoms with Crippen molar-refractivity contribution in [2.24, 2.45) is 0 Å². The summed E-state index contributed by atoms with van der Waals surface area (Å²) in [7, 11) is 0. The zero-order valence-electron chi connectivity index (χ0n) is 10.9. The van der Waals surface area contributed by atoms with Gasteiger partial charge in [-0.3, -0.25) is 4.79 Å². The maximum Gasteiger partial charge on any atom is 0.335 e. The van der Waals surface area contributed by atoms with Crippen LogP contribution in [0.25, 0.3) is 0 Å². The van der Waals surface area contributed by atoms with Gasteiger partial charge in [0.25, 0.3) is 5.91 Å². The summed E-state index contributed by atoms with van der Waals surface area (Å²) in [5, 5.41) is 11.7. The van der Waals surface area contributed by atoms with Gasteiger partial charge in [0, 0.05) is 9.75 Å². The van der Waals surface area contributed by atoms with Crippen molar-refractivity contribution in [3.8, 4) is 0 Å². The van der Waals surface area contributed by atoms with Crippen molar-refractivity contribution >= 4 is 40.5 Å². The van der Waals surface area contributed by atoms with E-state index in [4.69, 9.17) is 16.7 Å². The van der Waals surface area contributed by atoms with Gasteiger partial charge in [-0.15, -0.1) is 11.3 Å². The Kier molecular flexibility index (Phi) is 4.11. The second kappa shape index (κ2) is 5.64. The topological polar surface area (TPSA) is 66.4 Å². The molecule has 0 unspecified atom stereocenters. The molecule has 1 heterocycles. The first-order chi connectivity index (χ1) is 9.38. The third-order valence-corrected chi connectivity index (χ3v) is 4.03. The van der Waals surface area contributed by atoms with E-state index < -0.39 is 5.97 Å². The quantitative estimate of drug-likeness (QED) is 0.901. The molecule has 0 aliphatic heterocycles. The molecular formula is C14H12ClNO3S. The van der Waals surface area contributed by atoms with Gasteiger partial charge in [-0.25, -0.2) is 4.79 Å². The van der Waals surface area contributed by atoms with Gasteiger partial charge >= 0.3 is 5.97 Å². The van der Waals surface area contributed by atoms with Crippen LogP contribution in [0.15, 0.2) is 24.3 Å². The summed E-state index contributed by atoms with van der Waals surface area (Å²) in [6, 6.07) is 6.01. The molecule has 20 heavy (non-hydrogen) atoms. The summed E-state index contributed by atoms with van der Waals surface area (Å²) >= 11 is 7.52. The average molecular weight is 310 g/mol. The van der Waals surface area contributed by atoms with Crippen LogP contribution in [0, 0.1) is 13.8 Å². The van der Waals surface area contributed by atoms with Gasteiger partial charge in [-0.2, -0.15) is 0 Å². The number of hydrogen-bond acceptors (Lipinski definition) is 3. The Morgan fingerprint density at radius 2 is 1.95 bits per heavy atom. The van der Waals surface area contributed by atoms with Gasteiger partial charge in [0.1, 0.15) is 0 Å². The Balaban J connectivity index is 2.24. The Morgan fingerprint density at radius 3 is 2.45 bits per heavy atom. The summed E-state index contributed by atoms with van der Waals surface area (Å²) in [6.45, 7) is 3.81. The molecule has 1 aromatic heterocycles. The Hall–Kier alpha value is -1.85. The molecule has 0 aliphatic rings. The van der Waals surface area contributed by atoms with E-state index in [1.54, 1.807) is 11.3 Å². The number of amides is 1. The van der Waals surface area contributed by atoms with Crippen LogP contribution < -0.4 is 5.32 Å². The molecule has 0 saturated heterocycles. The lowest BCUT2D eigenvalue weighted by Crippen LogP contribution is -2.12. The molecule has 0 atom stereocenters. The second-order valence-electron chi connectivity index (χ2n) is 4.28. The van der Waals surface area contributed by atoms with E-state index in [9.17, 15) is 9.59 Å². The van der Waals surface area contributed by atoms with Crippen LogP contribution in [-0.2, 0) is 0 Å². The fourth-order valence-corrected chi connectivity index (χ4v) is 2.94. The molecule has 4 nitrogen and oxygen atoms in total. The molecule has 104 valence electrons. The first-order valence-electron chi connectivity index (χ1n) is 5.79. The maximum absolute atomic E-state index is 12.1. The number of benzene rings is 1. The van der Waals surface area contributed by atoms with Gasteiger partial charge in [0.2, 0.25) is 0 Å². The average Bonchev–Trinajstić information content (AvgIpc) is 2.70. The Morgan fingerprint density at radius 1 is 1.25 bits per heavy atom. The number of carbonyl (C=O) groups is 2. The number of carboxylic acid groups (broad SMARTS) is 1. The molecule has 1 aromatic carbocycles. The predicted octanol–water partition coefficient (Wildman–Crippen LogP) is 3.97. The molecule has 0 aliphatic carbocycles. The summed E-state index contributed by atoms with van der Waals surface area (Å²) in [5.74, 6) is -1.31. The van der Waals surface area contributed by atoms with Crippen LogP contribution in [0.4, 0.5) is 5.69 Å². The van der Waals surface area contributed by atoms with Crippen LogP contribution in [0.3, 0.4) is 0 Å². The zero-order chi connectivity index (χ0) is 14.9. The first kappa shape index (κ1) is 14.6. The van der Waals surface area contributed by atoms with Crippen molar-refractivity contribution in [3.63, 3.8) is 0 Å². The molecule has 0 bridgehead atoms. The molecule has 0 saturated carbocycles. The molecule has 2 N–H and O–H groups in total. The van der Waals surface area contributed by atoms with Crippen molar-refractivity contribution in [2.75, 3.05) is 5.32 Å². The summed E-state index contributed by atoms with van der Waals surface area (Å²) in [4.78, 5) is 24.9. The lowest BCUT2D eigenvalue weighted by molar-refractivity contribution is 0.0696. The van der Waals surface area contributed by atoms with Crippen LogP contribution >= 0.6 is 22.9 Å². The highest BCUT2D eigenvalue weighted by atomic mass is 35.5. The smallest absolute Gasteiger partial charge is 0.335 e. The lowest BCUT2D eigenvalue weighted by Gasteiger charge is -2.07. The minimum absolute atomic E-state index is 0.0792. The van der Waals surface area contributed by atoms with Gasteiger partial charge < -0.3 is 10.4 Å². The summed E-state index contributed by atoms with van der Waals surface area (Å²) < 4.78 is 0. The van der Waals surface area contributed by atoms with E-state index in [-0.39, 0.29) is 16.5 Å². The fourth-order valence-electron chi connectivity index (χ4n) is 1.80. The largest absolute Gasteiger partial charge is 0.478 e. The lowest BCUT2D eigenvalue weighted by atomic mass is 10.2. The number of halogens is 1. The van der Waals surface area contributed by atoms with Crippen molar-refractivity contribution in [1.82, 2.24) is 0 Å². The van der Waals surface area contributed by atoms with E-state index in [1.165, 1.54) is 18.2 Å².